The number of esters is 2. The molecule has 440 valence electrons. The van der Waals surface area contributed by atoms with Crippen LogP contribution in [-0.2, 0) is 32.7 Å². The third-order valence-corrected chi connectivity index (χ3v) is 15.8. The molecule has 0 rings (SSSR count). The second-order valence-corrected chi connectivity index (χ2v) is 25.0. The lowest BCUT2D eigenvalue weighted by atomic mass is 10.0. The average molecular weight is 1070 g/mol. The van der Waals surface area contributed by atoms with E-state index >= 15 is 0 Å². The Bertz CT molecular complexity index is 1260. The van der Waals surface area contributed by atoms with Gasteiger partial charge in [-0.05, 0) is 38.5 Å². The van der Waals surface area contributed by atoms with E-state index in [1.807, 2.05) is 21.1 Å². The van der Waals surface area contributed by atoms with Crippen LogP contribution in [0.4, 0.5) is 0 Å². The fraction of sp³-hybridized carbons (Fsp3) is 0.938. The molecule has 74 heavy (non-hydrogen) atoms. The standard InChI is InChI=1S/C64H126NO8P/c1-6-8-10-12-14-16-18-20-22-24-26-28-30-32-34-36-38-40-42-44-46-48-50-52-54-56-63(66)70-60-62(61-72-74(68,69)71-59-58-65(3,4)5)73-64(67)57-55-53-51-49-47-45-43-41-39-37-35-33-31-29-27-25-23-21-19-17-15-13-11-9-7-2/h25,27,62H,6-24,26,28-61H2,1-5H3/p+1/b27-25-. The smallest absolute Gasteiger partial charge is 0.462 e. The van der Waals surface area contributed by atoms with Crippen LogP contribution in [0.15, 0.2) is 12.2 Å². The highest BCUT2D eigenvalue weighted by molar-refractivity contribution is 7.47. The van der Waals surface area contributed by atoms with Crippen molar-refractivity contribution >= 4 is 19.8 Å². The van der Waals surface area contributed by atoms with Crippen LogP contribution in [0.25, 0.3) is 0 Å². The number of ether oxygens (including phenoxy) is 2. The van der Waals surface area contributed by atoms with Gasteiger partial charge in [0.15, 0.2) is 6.10 Å². The molecule has 2 unspecified atom stereocenters. The summed E-state index contributed by atoms with van der Waals surface area (Å²) in [7, 11) is 1.50. The van der Waals surface area contributed by atoms with E-state index < -0.39 is 26.5 Å². The van der Waals surface area contributed by atoms with Gasteiger partial charge in [0.25, 0.3) is 0 Å². The maximum Gasteiger partial charge on any atom is 0.472 e. The summed E-state index contributed by atoms with van der Waals surface area (Å²) < 4.78 is 34.7. The van der Waals surface area contributed by atoms with E-state index in [-0.39, 0.29) is 25.6 Å². The number of quaternary nitrogens is 1. The first-order chi connectivity index (χ1) is 36.0. The maximum absolute atomic E-state index is 12.8. The molecule has 0 bridgehead atoms. The topological polar surface area (TPSA) is 108 Å². The highest BCUT2D eigenvalue weighted by Crippen LogP contribution is 2.43. The molecular weight excluding hydrogens is 942 g/mol. The Morgan fingerprint density at radius 2 is 0.689 bits per heavy atom. The van der Waals surface area contributed by atoms with Crippen LogP contribution in [0.1, 0.15) is 335 Å². The van der Waals surface area contributed by atoms with E-state index in [4.69, 9.17) is 18.5 Å². The number of phosphoric acid groups is 1. The number of phosphoric ester groups is 1. The molecule has 10 heteroatoms. The largest absolute Gasteiger partial charge is 0.472 e. The van der Waals surface area contributed by atoms with Crippen molar-refractivity contribution in [2.45, 2.75) is 341 Å². The van der Waals surface area contributed by atoms with Crippen LogP contribution >= 0.6 is 7.82 Å². The Labute approximate surface area is 460 Å². The Morgan fingerprint density at radius 1 is 0.405 bits per heavy atom. The van der Waals surface area contributed by atoms with Gasteiger partial charge in [-0.15, -0.1) is 0 Å². The molecule has 0 aliphatic heterocycles. The molecule has 0 aliphatic rings. The molecule has 0 radical (unpaired) electrons. The summed E-state index contributed by atoms with van der Waals surface area (Å²) in [5.74, 6) is -0.774. The van der Waals surface area contributed by atoms with Crippen molar-refractivity contribution in [3.63, 3.8) is 0 Å². The zero-order valence-electron chi connectivity index (χ0n) is 50.1. The monoisotopic (exact) mass is 1070 g/mol. The number of allylic oxidation sites excluding steroid dienone is 2. The predicted molar refractivity (Wildman–Crippen MR) is 317 cm³/mol. The Hall–Kier alpha value is -1.25. The first-order valence-electron chi connectivity index (χ1n) is 32.4. The summed E-state index contributed by atoms with van der Waals surface area (Å²) in [4.78, 5) is 35.8. The van der Waals surface area contributed by atoms with Crippen molar-refractivity contribution in [3.05, 3.63) is 12.2 Å². The highest BCUT2D eigenvalue weighted by Gasteiger charge is 2.27. The summed E-state index contributed by atoms with van der Waals surface area (Å²) in [6, 6.07) is 0. The lowest BCUT2D eigenvalue weighted by Gasteiger charge is -2.24. The van der Waals surface area contributed by atoms with Crippen molar-refractivity contribution in [1.82, 2.24) is 0 Å². The van der Waals surface area contributed by atoms with Gasteiger partial charge in [-0.3, -0.25) is 18.6 Å². The van der Waals surface area contributed by atoms with Gasteiger partial charge in [0.05, 0.1) is 27.7 Å². The van der Waals surface area contributed by atoms with E-state index in [0.717, 1.165) is 32.1 Å². The molecule has 0 fully saturated rings. The van der Waals surface area contributed by atoms with E-state index in [0.29, 0.717) is 23.9 Å². The Morgan fingerprint density at radius 3 is 1.00 bits per heavy atom. The second-order valence-electron chi connectivity index (χ2n) is 23.5. The lowest BCUT2D eigenvalue weighted by molar-refractivity contribution is -0.870. The van der Waals surface area contributed by atoms with E-state index in [2.05, 4.69) is 26.0 Å². The minimum Gasteiger partial charge on any atom is -0.462 e. The molecule has 0 aromatic rings. The molecule has 0 heterocycles. The number of carbonyl (C=O) groups is 2. The SMILES string of the molecule is CCCCCCCCCC/C=C\CCCCCCCCCCCCCCCC(=O)OC(COC(=O)CCCCCCCCCCCCCCCCCCCCCCCCCCC)COP(=O)(O)OCC[N+](C)(C)C. The number of hydrogen-bond donors (Lipinski definition) is 1. The first kappa shape index (κ1) is 72.8. The first-order valence-corrected chi connectivity index (χ1v) is 33.9. The van der Waals surface area contributed by atoms with Crippen LogP contribution < -0.4 is 0 Å². The molecule has 0 spiro atoms. The van der Waals surface area contributed by atoms with E-state index in [9.17, 15) is 19.0 Å². The molecule has 1 N–H and O–H groups in total. The minimum absolute atomic E-state index is 0.0359. The van der Waals surface area contributed by atoms with Crippen molar-refractivity contribution in [2.24, 2.45) is 0 Å². The van der Waals surface area contributed by atoms with Crippen LogP contribution in [-0.4, -0.2) is 74.9 Å². The van der Waals surface area contributed by atoms with Gasteiger partial charge >= 0.3 is 19.8 Å². The van der Waals surface area contributed by atoms with Crippen molar-refractivity contribution < 1.29 is 42.1 Å². The van der Waals surface area contributed by atoms with Gasteiger partial charge in [-0.2, -0.15) is 0 Å². The molecule has 2 atom stereocenters. The van der Waals surface area contributed by atoms with Gasteiger partial charge in [-0.25, -0.2) is 4.57 Å². The van der Waals surface area contributed by atoms with E-state index in [1.165, 1.54) is 270 Å². The average Bonchev–Trinajstić information content (AvgIpc) is 3.36. The highest BCUT2D eigenvalue weighted by atomic mass is 31.2. The molecule has 0 amide bonds. The van der Waals surface area contributed by atoms with Crippen molar-refractivity contribution in [2.75, 3.05) is 47.5 Å². The van der Waals surface area contributed by atoms with Crippen LogP contribution in [0, 0.1) is 0 Å². The van der Waals surface area contributed by atoms with Gasteiger partial charge in [0.2, 0.25) is 0 Å². The van der Waals surface area contributed by atoms with Crippen LogP contribution in [0.5, 0.6) is 0 Å². The summed E-state index contributed by atoms with van der Waals surface area (Å²) in [5.41, 5.74) is 0. The molecule has 0 saturated heterocycles. The zero-order chi connectivity index (χ0) is 54.2. The fourth-order valence-electron chi connectivity index (χ4n) is 9.78. The Kier molecular flexibility index (Phi) is 55.5. The summed E-state index contributed by atoms with van der Waals surface area (Å²) in [6.07, 6.45) is 67.3. The third-order valence-electron chi connectivity index (χ3n) is 14.8. The van der Waals surface area contributed by atoms with Gasteiger partial charge in [0.1, 0.15) is 19.8 Å². The molecule has 9 nitrogen and oxygen atoms in total. The molecule has 0 aromatic heterocycles. The minimum atomic E-state index is -4.38. The van der Waals surface area contributed by atoms with Gasteiger partial charge in [0, 0.05) is 12.8 Å². The number of nitrogens with zero attached hydrogens (tertiary/aromatic N) is 1. The normalized spacial score (nSPS) is 13.2. The third kappa shape index (κ3) is 60.0. The summed E-state index contributed by atoms with van der Waals surface area (Å²) >= 11 is 0. The van der Waals surface area contributed by atoms with Crippen molar-refractivity contribution in [1.29, 1.82) is 0 Å². The molecular formula is C64H127NO8P+. The van der Waals surface area contributed by atoms with Crippen molar-refractivity contribution in [3.8, 4) is 0 Å². The number of unbranched alkanes of at least 4 members (excludes halogenated alkanes) is 45. The van der Waals surface area contributed by atoms with Crippen LogP contribution in [0.3, 0.4) is 0 Å². The summed E-state index contributed by atoms with van der Waals surface area (Å²) in [5, 5.41) is 0. The Balaban J connectivity index is 4.05. The molecule has 0 aromatic carbocycles. The molecule has 0 aliphatic carbocycles. The lowest BCUT2D eigenvalue weighted by Crippen LogP contribution is -2.37. The summed E-state index contributed by atoms with van der Waals surface area (Å²) in [6.45, 7) is 4.51. The predicted octanol–water partition coefficient (Wildman–Crippen LogP) is 20.4. The quantitative estimate of drug-likeness (QED) is 0.0211. The zero-order valence-corrected chi connectivity index (χ0v) is 51.0. The van der Waals surface area contributed by atoms with Gasteiger partial charge in [-0.1, -0.05) is 296 Å². The van der Waals surface area contributed by atoms with Crippen LogP contribution in [0.2, 0.25) is 0 Å². The van der Waals surface area contributed by atoms with E-state index in [1.54, 1.807) is 0 Å². The van der Waals surface area contributed by atoms with Gasteiger partial charge < -0.3 is 18.9 Å². The fourth-order valence-corrected chi connectivity index (χ4v) is 10.5. The number of hydrogen-bond acceptors (Lipinski definition) is 7. The second kappa shape index (κ2) is 56.5. The number of likely N-dealkylation sites (N-methyl/N-ethyl adjacent to an activating group) is 1. The number of rotatable bonds is 61. The maximum atomic E-state index is 12.8. The molecule has 0 saturated carbocycles. The number of carbonyl (C=O) groups excluding carboxylic acids is 2.